The van der Waals surface area contributed by atoms with Gasteiger partial charge in [-0.1, -0.05) is 59.8 Å². The smallest absolute Gasteiger partial charge is 0.192 e. The van der Waals surface area contributed by atoms with E-state index in [0.717, 1.165) is 25.7 Å². The minimum absolute atomic E-state index is 0.203. The molecule has 1 spiro atoms. The molecule has 5 unspecified atom stereocenters. The first-order valence-corrected chi connectivity index (χ1v) is 15.6. The molecule has 2 aliphatic carbocycles. The van der Waals surface area contributed by atoms with Crippen LogP contribution in [0.15, 0.2) is 0 Å². The van der Waals surface area contributed by atoms with E-state index in [2.05, 4.69) is 40.8 Å². The molecular weight excluding hydrogens is 392 g/mol. The molecule has 0 amide bonds. The van der Waals surface area contributed by atoms with Crippen molar-refractivity contribution < 1.29 is 19.0 Å². The Balaban J connectivity index is 1.54. The third kappa shape index (κ3) is 5.33. The molecule has 4 nitrogen and oxygen atoms in total. The Bertz CT molecular complexity index is 538. The zero-order valence-corrected chi connectivity index (χ0v) is 21.5. The Hall–Kier alpha value is 0.0569. The molecule has 0 aromatic heterocycles. The molecule has 3 fully saturated rings. The summed E-state index contributed by atoms with van der Waals surface area (Å²) in [7, 11) is -1.78. The quantitative estimate of drug-likeness (QED) is 0.303. The van der Waals surface area contributed by atoms with Crippen molar-refractivity contribution in [2.24, 2.45) is 17.8 Å². The first-order valence-electron chi connectivity index (χ1n) is 12.7. The van der Waals surface area contributed by atoms with Crippen LogP contribution in [0.5, 0.6) is 0 Å². The second-order valence-corrected chi connectivity index (χ2v) is 16.5. The van der Waals surface area contributed by atoms with Crippen molar-refractivity contribution in [1.29, 1.82) is 0 Å². The SMILES string of the molecule is CCCCCCCC(CCC1C(O)CC2C1CC21OCCO1)O[Si](C)(C)C(C)(C)C. The van der Waals surface area contributed by atoms with Crippen LogP contribution in [0, 0.1) is 17.8 Å². The predicted molar refractivity (Wildman–Crippen MR) is 125 cm³/mol. The molecule has 1 aliphatic heterocycles. The third-order valence-electron chi connectivity index (χ3n) is 8.64. The molecule has 3 rings (SSSR count). The molecule has 0 bridgehead atoms. The summed E-state index contributed by atoms with van der Waals surface area (Å²) in [5.74, 6) is 1.00. The molecule has 0 aromatic carbocycles. The number of aliphatic hydroxyl groups excluding tert-OH is 1. The second-order valence-electron chi connectivity index (χ2n) is 11.7. The van der Waals surface area contributed by atoms with E-state index in [9.17, 15) is 5.11 Å². The van der Waals surface area contributed by atoms with Crippen LogP contribution in [0.1, 0.15) is 91.9 Å². The number of unbranched alkanes of at least 4 members (excludes halogenated alkanes) is 4. The molecule has 1 saturated heterocycles. The molecule has 176 valence electrons. The highest BCUT2D eigenvalue weighted by Crippen LogP contribution is 2.60. The molecule has 1 heterocycles. The zero-order valence-electron chi connectivity index (χ0n) is 20.5. The van der Waals surface area contributed by atoms with Crippen molar-refractivity contribution in [3.63, 3.8) is 0 Å². The van der Waals surface area contributed by atoms with Crippen LogP contribution in [0.4, 0.5) is 0 Å². The van der Waals surface area contributed by atoms with Gasteiger partial charge in [-0.3, -0.25) is 0 Å². The van der Waals surface area contributed by atoms with E-state index in [1.54, 1.807) is 0 Å². The Kier molecular flexibility index (Phi) is 8.15. The van der Waals surface area contributed by atoms with Gasteiger partial charge >= 0.3 is 0 Å². The molecule has 30 heavy (non-hydrogen) atoms. The van der Waals surface area contributed by atoms with Gasteiger partial charge in [0.15, 0.2) is 14.1 Å². The van der Waals surface area contributed by atoms with Crippen molar-refractivity contribution in [2.75, 3.05) is 13.2 Å². The summed E-state index contributed by atoms with van der Waals surface area (Å²) in [6, 6.07) is 0. The van der Waals surface area contributed by atoms with Gasteiger partial charge in [-0.2, -0.15) is 0 Å². The average Bonchev–Trinajstić information content (AvgIpc) is 3.24. The summed E-state index contributed by atoms with van der Waals surface area (Å²) < 4.78 is 18.8. The van der Waals surface area contributed by atoms with Crippen molar-refractivity contribution in [1.82, 2.24) is 0 Å². The standard InChI is InChI=1S/C25H48O4Si/c1-7-8-9-10-11-12-19(29-30(5,6)24(2,3)4)13-14-20-21-18-25(27-15-16-28-25)22(21)17-23(20)26/h19-23,26H,7-18H2,1-6H3. The van der Waals surface area contributed by atoms with Crippen LogP contribution < -0.4 is 0 Å². The van der Waals surface area contributed by atoms with Crippen LogP contribution in [-0.2, 0) is 13.9 Å². The Morgan fingerprint density at radius 3 is 2.37 bits per heavy atom. The maximum absolute atomic E-state index is 10.8. The summed E-state index contributed by atoms with van der Waals surface area (Å²) in [6.45, 7) is 15.4. The fraction of sp³-hybridized carbons (Fsp3) is 1.00. The molecule has 1 N–H and O–H groups in total. The molecule has 0 radical (unpaired) electrons. The fourth-order valence-corrected chi connectivity index (χ4v) is 7.15. The maximum atomic E-state index is 10.8. The van der Waals surface area contributed by atoms with Crippen LogP contribution >= 0.6 is 0 Å². The van der Waals surface area contributed by atoms with Gasteiger partial charge in [0.05, 0.1) is 19.3 Å². The predicted octanol–water partition coefficient (Wildman–Crippen LogP) is 6.28. The van der Waals surface area contributed by atoms with Gasteiger partial charge in [-0.05, 0) is 55.7 Å². The largest absolute Gasteiger partial charge is 0.414 e. The number of ether oxygens (including phenoxy) is 2. The van der Waals surface area contributed by atoms with E-state index >= 15 is 0 Å². The second kappa shape index (κ2) is 9.90. The van der Waals surface area contributed by atoms with Crippen molar-refractivity contribution >= 4 is 8.32 Å². The average molecular weight is 441 g/mol. The Morgan fingerprint density at radius 2 is 1.73 bits per heavy atom. The monoisotopic (exact) mass is 440 g/mol. The van der Waals surface area contributed by atoms with E-state index in [-0.39, 0.29) is 16.9 Å². The van der Waals surface area contributed by atoms with Crippen LogP contribution in [0.2, 0.25) is 18.1 Å². The van der Waals surface area contributed by atoms with Crippen LogP contribution in [-0.4, -0.2) is 44.6 Å². The highest BCUT2D eigenvalue weighted by atomic mass is 28.4. The lowest BCUT2D eigenvalue weighted by atomic mass is 9.66. The number of hydrogen-bond donors (Lipinski definition) is 1. The number of aliphatic hydroxyl groups is 1. The first kappa shape index (κ1) is 24.7. The van der Waals surface area contributed by atoms with Gasteiger partial charge in [-0.15, -0.1) is 0 Å². The lowest BCUT2D eigenvalue weighted by Gasteiger charge is -2.49. The number of hydrogen-bond acceptors (Lipinski definition) is 4. The molecule has 5 atom stereocenters. The van der Waals surface area contributed by atoms with Crippen LogP contribution in [0.3, 0.4) is 0 Å². The van der Waals surface area contributed by atoms with Gasteiger partial charge in [0.1, 0.15) is 0 Å². The van der Waals surface area contributed by atoms with Gasteiger partial charge < -0.3 is 19.0 Å². The maximum Gasteiger partial charge on any atom is 0.192 e. The minimum atomic E-state index is -1.78. The normalized spacial score (nSPS) is 31.7. The van der Waals surface area contributed by atoms with E-state index in [1.807, 2.05) is 0 Å². The van der Waals surface area contributed by atoms with Gasteiger partial charge in [0.2, 0.25) is 0 Å². The lowest BCUT2D eigenvalue weighted by molar-refractivity contribution is -0.272. The summed E-state index contributed by atoms with van der Waals surface area (Å²) in [5, 5.41) is 11.1. The van der Waals surface area contributed by atoms with E-state index in [1.165, 1.54) is 38.5 Å². The molecule has 5 heteroatoms. The van der Waals surface area contributed by atoms with E-state index in [4.69, 9.17) is 13.9 Å². The lowest BCUT2D eigenvalue weighted by Crippen LogP contribution is -2.54. The van der Waals surface area contributed by atoms with Gasteiger partial charge in [0.25, 0.3) is 0 Å². The number of rotatable bonds is 11. The van der Waals surface area contributed by atoms with Crippen LogP contribution in [0.25, 0.3) is 0 Å². The van der Waals surface area contributed by atoms with Gasteiger partial charge in [-0.25, -0.2) is 0 Å². The number of fused-ring (bicyclic) bond motifs is 2. The summed E-state index contributed by atoms with van der Waals surface area (Å²) >= 11 is 0. The highest BCUT2D eigenvalue weighted by Gasteiger charge is 2.64. The summed E-state index contributed by atoms with van der Waals surface area (Å²) in [4.78, 5) is 0. The van der Waals surface area contributed by atoms with E-state index in [0.29, 0.717) is 37.1 Å². The zero-order chi connectivity index (χ0) is 22.0. The van der Waals surface area contributed by atoms with E-state index < -0.39 is 8.32 Å². The minimum Gasteiger partial charge on any atom is -0.414 e. The highest BCUT2D eigenvalue weighted by molar-refractivity contribution is 6.74. The van der Waals surface area contributed by atoms with Crippen molar-refractivity contribution in [3.8, 4) is 0 Å². The Labute approximate surface area is 186 Å². The first-order chi connectivity index (χ1) is 14.1. The fourth-order valence-electron chi connectivity index (χ4n) is 5.73. The van der Waals surface area contributed by atoms with Crippen molar-refractivity contribution in [2.45, 2.75) is 128 Å². The van der Waals surface area contributed by atoms with Crippen molar-refractivity contribution in [3.05, 3.63) is 0 Å². The summed E-state index contributed by atoms with van der Waals surface area (Å²) in [5.41, 5.74) is 0. The topological polar surface area (TPSA) is 47.9 Å². The third-order valence-corrected chi connectivity index (χ3v) is 13.2. The molecule has 3 aliphatic rings. The summed E-state index contributed by atoms with van der Waals surface area (Å²) in [6.07, 6.45) is 11.9. The molecule has 2 saturated carbocycles. The van der Waals surface area contributed by atoms with Gasteiger partial charge in [0, 0.05) is 18.4 Å². The molecular formula is C25H48O4Si. The molecule has 0 aromatic rings. The Morgan fingerprint density at radius 1 is 1.07 bits per heavy atom.